The molecular weight excluding hydrogens is 422 g/mol. The van der Waals surface area contributed by atoms with Gasteiger partial charge in [0.15, 0.2) is 0 Å². The molecule has 7 heteroatoms. The number of rotatable bonds is 8. The fourth-order valence-electron chi connectivity index (χ4n) is 3.87. The monoisotopic (exact) mass is 447 g/mol. The highest BCUT2D eigenvalue weighted by atomic mass is 32.1. The molecule has 32 heavy (non-hydrogen) atoms. The lowest BCUT2D eigenvalue weighted by Gasteiger charge is -2.22. The molecule has 3 aromatic rings. The molecule has 0 aliphatic carbocycles. The normalized spacial score (nSPS) is 19.0. The Balaban J connectivity index is 1.43. The molecule has 164 valence electrons. The molecule has 1 fully saturated rings. The Morgan fingerprint density at radius 1 is 1.03 bits per heavy atom. The number of urea groups is 1. The minimum absolute atomic E-state index is 0.319. The summed E-state index contributed by atoms with van der Waals surface area (Å²) < 4.78 is 0. The van der Waals surface area contributed by atoms with Gasteiger partial charge >= 0.3 is 6.03 Å². The summed E-state index contributed by atoms with van der Waals surface area (Å²) in [5, 5.41) is 7.72. The number of hydrogen-bond acceptors (Lipinski definition) is 4. The highest BCUT2D eigenvalue weighted by Crippen LogP contribution is 2.27. The molecule has 2 heterocycles. The largest absolute Gasteiger partial charge is 0.343 e. The van der Waals surface area contributed by atoms with Crippen molar-refractivity contribution < 1.29 is 14.4 Å². The molecular formula is C25H25N3O3S. The van der Waals surface area contributed by atoms with Crippen molar-refractivity contribution in [2.45, 2.75) is 31.3 Å². The number of carbonyl (C=O) groups is 3. The van der Waals surface area contributed by atoms with Crippen molar-refractivity contribution in [3.8, 4) is 0 Å². The average molecular weight is 448 g/mol. The van der Waals surface area contributed by atoms with Crippen molar-refractivity contribution in [3.63, 3.8) is 0 Å². The van der Waals surface area contributed by atoms with Crippen molar-refractivity contribution in [2.75, 3.05) is 6.54 Å². The molecule has 2 aromatic carbocycles. The van der Waals surface area contributed by atoms with Crippen LogP contribution < -0.4 is 10.6 Å². The summed E-state index contributed by atoms with van der Waals surface area (Å²) in [6, 6.07) is 22.5. The molecule has 0 unspecified atom stereocenters. The van der Waals surface area contributed by atoms with E-state index in [0.717, 1.165) is 20.9 Å². The number of benzene rings is 2. The lowest BCUT2D eigenvalue weighted by molar-refractivity contribution is -0.134. The standard InChI is InChI=1S/C25H25N3O3S/c1-25(15-14-18-9-4-2-5-10-18)23(30)28(24(31)27-25)17-21(29)26-22(20-13-8-16-32-20)19-11-6-3-7-12-19/h2-13,16,22H,14-15,17H2,1H3,(H,26,29)(H,27,31)/t22-,25-/m0/s1. The van der Waals surface area contributed by atoms with E-state index in [0.29, 0.717) is 12.8 Å². The quantitative estimate of drug-likeness (QED) is 0.514. The maximum absolute atomic E-state index is 13.0. The number of imide groups is 1. The zero-order chi connectivity index (χ0) is 22.6. The highest BCUT2D eigenvalue weighted by Gasteiger charge is 2.47. The second-order valence-corrected chi connectivity index (χ2v) is 9.05. The van der Waals surface area contributed by atoms with Crippen LogP contribution in [0.3, 0.4) is 0 Å². The molecule has 4 amide bonds. The van der Waals surface area contributed by atoms with Crippen LogP contribution in [0.1, 0.15) is 35.4 Å². The third-order valence-electron chi connectivity index (χ3n) is 5.67. The van der Waals surface area contributed by atoms with Crippen molar-refractivity contribution >= 4 is 29.2 Å². The molecule has 2 atom stereocenters. The molecule has 0 radical (unpaired) electrons. The first kappa shape index (κ1) is 21.8. The van der Waals surface area contributed by atoms with Gasteiger partial charge in [-0.1, -0.05) is 66.7 Å². The van der Waals surface area contributed by atoms with E-state index in [2.05, 4.69) is 10.6 Å². The maximum Gasteiger partial charge on any atom is 0.325 e. The molecule has 4 rings (SSSR count). The van der Waals surface area contributed by atoms with E-state index in [9.17, 15) is 14.4 Å². The maximum atomic E-state index is 13.0. The van der Waals surface area contributed by atoms with E-state index >= 15 is 0 Å². The average Bonchev–Trinajstić information content (AvgIpc) is 3.41. The smallest absolute Gasteiger partial charge is 0.325 e. The first-order valence-electron chi connectivity index (χ1n) is 10.5. The molecule has 1 aliphatic rings. The summed E-state index contributed by atoms with van der Waals surface area (Å²) in [6.07, 6.45) is 1.11. The van der Waals surface area contributed by atoms with Crippen LogP contribution in [-0.4, -0.2) is 34.8 Å². The van der Waals surface area contributed by atoms with Crippen LogP contribution in [0.4, 0.5) is 4.79 Å². The Morgan fingerprint density at radius 3 is 2.38 bits per heavy atom. The van der Waals surface area contributed by atoms with Crippen molar-refractivity contribution in [1.82, 2.24) is 15.5 Å². The second-order valence-electron chi connectivity index (χ2n) is 8.07. The Hall–Kier alpha value is -3.45. The van der Waals surface area contributed by atoms with Crippen LogP contribution in [0.5, 0.6) is 0 Å². The van der Waals surface area contributed by atoms with Gasteiger partial charge in [0.25, 0.3) is 5.91 Å². The SMILES string of the molecule is C[C@@]1(CCc2ccccc2)NC(=O)N(CC(=O)N[C@@H](c2ccccc2)c2cccs2)C1=O. The summed E-state index contributed by atoms with van der Waals surface area (Å²) in [5.41, 5.74) is 1.00. The van der Waals surface area contributed by atoms with Crippen LogP contribution in [0.15, 0.2) is 78.2 Å². The summed E-state index contributed by atoms with van der Waals surface area (Å²) in [6.45, 7) is 1.40. The van der Waals surface area contributed by atoms with Gasteiger partial charge in [-0.2, -0.15) is 0 Å². The molecule has 1 saturated heterocycles. The number of nitrogens with one attached hydrogen (secondary N) is 2. The minimum Gasteiger partial charge on any atom is -0.343 e. The van der Waals surface area contributed by atoms with Gasteiger partial charge in [0.2, 0.25) is 5.91 Å². The number of hydrogen-bond donors (Lipinski definition) is 2. The third kappa shape index (κ3) is 4.73. The van der Waals surface area contributed by atoms with Crippen LogP contribution in [-0.2, 0) is 16.0 Å². The van der Waals surface area contributed by atoms with Gasteiger partial charge in [-0.3, -0.25) is 14.5 Å². The van der Waals surface area contributed by atoms with E-state index in [1.807, 2.05) is 78.2 Å². The van der Waals surface area contributed by atoms with Crippen LogP contribution in [0.2, 0.25) is 0 Å². The Bertz CT molecular complexity index is 1090. The molecule has 2 N–H and O–H groups in total. The highest BCUT2D eigenvalue weighted by molar-refractivity contribution is 7.10. The third-order valence-corrected chi connectivity index (χ3v) is 6.61. The second kappa shape index (κ2) is 9.36. The number of aryl methyl sites for hydroxylation is 1. The van der Waals surface area contributed by atoms with E-state index in [1.54, 1.807) is 18.3 Å². The fraction of sp³-hybridized carbons (Fsp3) is 0.240. The number of carbonyl (C=O) groups excluding carboxylic acids is 3. The van der Waals surface area contributed by atoms with E-state index in [-0.39, 0.29) is 24.4 Å². The Labute approximate surface area is 191 Å². The minimum atomic E-state index is -1.03. The summed E-state index contributed by atoms with van der Waals surface area (Å²) >= 11 is 1.54. The van der Waals surface area contributed by atoms with Crippen LogP contribution in [0.25, 0.3) is 0 Å². The molecule has 6 nitrogen and oxygen atoms in total. The van der Waals surface area contributed by atoms with Gasteiger partial charge < -0.3 is 10.6 Å². The van der Waals surface area contributed by atoms with Gasteiger partial charge in [-0.05, 0) is 42.3 Å². The van der Waals surface area contributed by atoms with Crippen molar-refractivity contribution in [3.05, 3.63) is 94.2 Å². The Morgan fingerprint density at radius 2 is 1.72 bits per heavy atom. The van der Waals surface area contributed by atoms with Crippen LogP contribution in [0, 0.1) is 0 Å². The lowest BCUT2D eigenvalue weighted by Crippen LogP contribution is -2.45. The van der Waals surface area contributed by atoms with E-state index in [4.69, 9.17) is 0 Å². The predicted octanol–water partition coefficient (Wildman–Crippen LogP) is 3.90. The molecule has 0 bridgehead atoms. The zero-order valence-corrected chi connectivity index (χ0v) is 18.6. The number of amides is 4. The predicted molar refractivity (Wildman–Crippen MR) is 124 cm³/mol. The lowest BCUT2D eigenvalue weighted by atomic mass is 9.93. The first-order chi connectivity index (χ1) is 15.5. The number of nitrogens with zero attached hydrogens (tertiary/aromatic N) is 1. The summed E-state index contributed by atoms with van der Waals surface area (Å²) in [4.78, 5) is 40.5. The topological polar surface area (TPSA) is 78.5 Å². The van der Waals surface area contributed by atoms with Crippen molar-refractivity contribution in [1.29, 1.82) is 0 Å². The summed E-state index contributed by atoms with van der Waals surface area (Å²) in [5.74, 6) is -0.760. The molecule has 0 spiro atoms. The molecule has 1 aliphatic heterocycles. The van der Waals surface area contributed by atoms with Gasteiger partial charge in [-0.15, -0.1) is 11.3 Å². The fourth-order valence-corrected chi connectivity index (χ4v) is 4.67. The van der Waals surface area contributed by atoms with Crippen LogP contribution >= 0.6 is 11.3 Å². The van der Waals surface area contributed by atoms with E-state index in [1.165, 1.54) is 0 Å². The van der Waals surface area contributed by atoms with Gasteiger partial charge in [-0.25, -0.2) is 4.79 Å². The van der Waals surface area contributed by atoms with E-state index < -0.39 is 11.6 Å². The Kier molecular flexibility index (Phi) is 6.37. The van der Waals surface area contributed by atoms with Gasteiger partial charge in [0.05, 0.1) is 6.04 Å². The van der Waals surface area contributed by atoms with Gasteiger partial charge in [0.1, 0.15) is 12.1 Å². The van der Waals surface area contributed by atoms with Crippen molar-refractivity contribution in [2.24, 2.45) is 0 Å². The number of thiophene rings is 1. The molecule has 1 aromatic heterocycles. The molecule has 0 saturated carbocycles. The zero-order valence-electron chi connectivity index (χ0n) is 17.8. The van der Waals surface area contributed by atoms with Gasteiger partial charge in [0, 0.05) is 4.88 Å². The first-order valence-corrected chi connectivity index (χ1v) is 11.4. The summed E-state index contributed by atoms with van der Waals surface area (Å²) in [7, 11) is 0.